The van der Waals surface area contributed by atoms with Gasteiger partial charge in [-0.3, -0.25) is 9.59 Å². The van der Waals surface area contributed by atoms with Gasteiger partial charge in [0.05, 0.1) is 0 Å². The van der Waals surface area contributed by atoms with E-state index in [1.54, 1.807) is 0 Å². The molecule has 0 aliphatic carbocycles. The van der Waals surface area contributed by atoms with Crippen molar-refractivity contribution in [2.24, 2.45) is 0 Å². The molecular formula is C32H60O4. The van der Waals surface area contributed by atoms with E-state index in [-0.39, 0.29) is 18.5 Å². The minimum Gasteiger partial charge on any atom is -0.481 e. The van der Waals surface area contributed by atoms with Crippen molar-refractivity contribution in [3.8, 4) is 0 Å². The maximum Gasteiger partial charge on any atom is 0.306 e. The van der Waals surface area contributed by atoms with Gasteiger partial charge in [0.1, 0.15) is 6.10 Å². The van der Waals surface area contributed by atoms with Crippen LogP contribution in [-0.4, -0.2) is 23.1 Å². The first-order valence-corrected chi connectivity index (χ1v) is 15.7. The molecule has 212 valence electrons. The van der Waals surface area contributed by atoms with Gasteiger partial charge >= 0.3 is 11.9 Å². The molecule has 0 aliphatic heterocycles. The van der Waals surface area contributed by atoms with Crippen LogP contribution in [0.2, 0.25) is 0 Å². The normalized spacial score (nSPS) is 12.3. The second kappa shape index (κ2) is 28.3. The highest BCUT2D eigenvalue weighted by molar-refractivity contribution is 5.69. The maximum absolute atomic E-state index is 12.5. The Labute approximate surface area is 224 Å². The van der Waals surface area contributed by atoms with Gasteiger partial charge in [0.25, 0.3) is 0 Å². The van der Waals surface area contributed by atoms with Gasteiger partial charge in [-0.1, -0.05) is 116 Å². The van der Waals surface area contributed by atoms with Crippen molar-refractivity contribution in [1.82, 2.24) is 0 Å². The molecule has 4 nitrogen and oxygen atoms in total. The third kappa shape index (κ3) is 27.3. The van der Waals surface area contributed by atoms with Crippen molar-refractivity contribution >= 4 is 11.9 Å². The molecule has 0 spiro atoms. The number of carboxylic acids is 1. The average molecular weight is 509 g/mol. The molecule has 4 heteroatoms. The van der Waals surface area contributed by atoms with E-state index in [0.717, 1.165) is 64.2 Å². The summed E-state index contributed by atoms with van der Waals surface area (Å²) in [5, 5.41) is 8.74. The summed E-state index contributed by atoms with van der Waals surface area (Å²) >= 11 is 0. The summed E-state index contributed by atoms with van der Waals surface area (Å²) < 4.78 is 5.91. The Morgan fingerprint density at radius 3 is 1.58 bits per heavy atom. The van der Waals surface area contributed by atoms with E-state index in [1.165, 1.54) is 83.5 Å². The molecule has 0 fully saturated rings. The Kier molecular flexibility index (Phi) is 27.2. The highest BCUT2D eigenvalue weighted by atomic mass is 16.5. The van der Waals surface area contributed by atoms with E-state index in [9.17, 15) is 9.59 Å². The van der Waals surface area contributed by atoms with Gasteiger partial charge in [-0.05, 0) is 57.8 Å². The van der Waals surface area contributed by atoms with Crippen LogP contribution in [-0.2, 0) is 14.3 Å². The molecule has 0 heterocycles. The number of aliphatic carboxylic acids is 1. The fourth-order valence-corrected chi connectivity index (χ4v) is 4.63. The van der Waals surface area contributed by atoms with E-state index < -0.39 is 5.97 Å². The number of unbranched alkanes of at least 4 members (excludes halogenated alkanes) is 17. The highest BCUT2D eigenvalue weighted by Gasteiger charge is 2.14. The number of hydrogen-bond acceptors (Lipinski definition) is 3. The Morgan fingerprint density at radius 1 is 0.583 bits per heavy atom. The molecule has 36 heavy (non-hydrogen) atoms. The summed E-state index contributed by atoms with van der Waals surface area (Å²) in [5.74, 6) is -0.712. The molecule has 0 amide bonds. The number of allylic oxidation sites excluding steroid dienone is 2. The quantitative estimate of drug-likeness (QED) is 0.0648. The molecule has 0 bridgehead atoms. The molecule has 0 aromatic carbocycles. The zero-order valence-corrected chi connectivity index (χ0v) is 24.1. The zero-order valence-electron chi connectivity index (χ0n) is 24.1. The second-order valence-corrected chi connectivity index (χ2v) is 10.6. The highest BCUT2D eigenvalue weighted by Crippen LogP contribution is 2.18. The summed E-state index contributed by atoms with van der Waals surface area (Å²) in [6.07, 6.45) is 32.2. The molecule has 1 atom stereocenters. The van der Waals surface area contributed by atoms with Crippen LogP contribution in [0.3, 0.4) is 0 Å². The number of hydrogen-bond donors (Lipinski definition) is 1. The summed E-state index contributed by atoms with van der Waals surface area (Å²) in [7, 11) is 0. The van der Waals surface area contributed by atoms with Gasteiger partial charge in [0.15, 0.2) is 0 Å². The van der Waals surface area contributed by atoms with Crippen LogP contribution in [0.25, 0.3) is 0 Å². The van der Waals surface area contributed by atoms with Crippen molar-refractivity contribution in [2.75, 3.05) is 0 Å². The third-order valence-electron chi connectivity index (χ3n) is 6.99. The summed E-state index contributed by atoms with van der Waals surface area (Å²) in [6, 6.07) is 0. The van der Waals surface area contributed by atoms with Gasteiger partial charge in [0.2, 0.25) is 0 Å². The SMILES string of the molecule is CCCC/C=C\CCCCCCCCC(=O)OC(CCCCCCCC)CCCCCCCC(=O)O. The molecule has 0 rings (SSSR count). The predicted molar refractivity (Wildman–Crippen MR) is 153 cm³/mol. The van der Waals surface area contributed by atoms with E-state index in [4.69, 9.17) is 9.84 Å². The Bertz CT molecular complexity index is 514. The molecule has 0 saturated heterocycles. The monoisotopic (exact) mass is 508 g/mol. The summed E-state index contributed by atoms with van der Waals surface area (Å²) in [4.78, 5) is 23.1. The lowest BCUT2D eigenvalue weighted by Crippen LogP contribution is -2.18. The molecule has 0 aliphatic rings. The number of esters is 1. The van der Waals surface area contributed by atoms with Crippen LogP contribution in [0.1, 0.15) is 174 Å². The lowest BCUT2D eigenvalue weighted by molar-refractivity contribution is -0.150. The van der Waals surface area contributed by atoms with Crippen molar-refractivity contribution in [3.05, 3.63) is 12.2 Å². The molecule has 1 unspecified atom stereocenters. The average Bonchev–Trinajstić information content (AvgIpc) is 2.85. The molecule has 0 aromatic rings. The molecule has 0 saturated carbocycles. The molecule has 0 radical (unpaired) electrons. The van der Waals surface area contributed by atoms with Crippen molar-refractivity contribution in [1.29, 1.82) is 0 Å². The van der Waals surface area contributed by atoms with Crippen molar-refractivity contribution < 1.29 is 19.4 Å². The minimum atomic E-state index is -0.702. The minimum absolute atomic E-state index is 0.00958. The van der Waals surface area contributed by atoms with E-state index in [1.807, 2.05) is 0 Å². The number of carbonyl (C=O) groups is 2. The summed E-state index contributed by atoms with van der Waals surface area (Å²) in [6.45, 7) is 4.48. The molecule has 0 aromatic heterocycles. The van der Waals surface area contributed by atoms with Crippen LogP contribution in [0.5, 0.6) is 0 Å². The van der Waals surface area contributed by atoms with Crippen LogP contribution < -0.4 is 0 Å². The lowest BCUT2D eigenvalue weighted by atomic mass is 10.0. The maximum atomic E-state index is 12.5. The molecule has 1 N–H and O–H groups in total. The van der Waals surface area contributed by atoms with E-state index >= 15 is 0 Å². The fourth-order valence-electron chi connectivity index (χ4n) is 4.63. The molecular weight excluding hydrogens is 448 g/mol. The fraction of sp³-hybridized carbons (Fsp3) is 0.875. The van der Waals surface area contributed by atoms with Crippen molar-refractivity contribution in [3.63, 3.8) is 0 Å². The Morgan fingerprint density at radius 2 is 1.03 bits per heavy atom. The van der Waals surface area contributed by atoms with Crippen molar-refractivity contribution in [2.45, 2.75) is 180 Å². The third-order valence-corrected chi connectivity index (χ3v) is 6.99. The van der Waals surface area contributed by atoms with Crippen LogP contribution in [0, 0.1) is 0 Å². The first-order chi connectivity index (χ1) is 17.6. The van der Waals surface area contributed by atoms with Crippen LogP contribution >= 0.6 is 0 Å². The number of ether oxygens (including phenoxy) is 1. The van der Waals surface area contributed by atoms with Gasteiger partial charge in [-0.15, -0.1) is 0 Å². The number of rotatable bonds is 28. The Balaban J connectivity index is 3.97. The van der Waals surface area contributed by atoms with E-state index in [0.29, 0.717) is 6.42 Å². The lowest BCUT2D eigenvalue weighted by Gasteiger charge is -2.18. The van der Waals surface area contributed by atoms with Crippen LogP contribution in [0.4, 0.5) is 0 Å². The number of carbonyl (C=O) groups excluding carboxylic acids is 1. The number of carboxylic acid groups (broad SMARTS) is 1. The smallest absolute Gasteiger partial charge is 0.306 e. The van der Waals surface area contributed by atoms with Gasteiger partial charge in [-0.2, -0.15) is 0 Å². The Hall–Kier alpha value is -1.32. The largest absolute Gasteiger partial charge is 0.481 e. The van der Waals surface area contributed by atoms with E-state index in [2.05, 4.69) is 26.0 Å². The first-order valence-electron chi connectivity index (χ1n) is 15.7. The second-order valence-electron chi connectivity index (χ2n) is 10.6. The predicted octanol–water partition coefficient (Wildman–Crippen LogP) is 10.3. The zero-order chi connectivity index (χ0) is 26.5. The van der Waals surface area contributed by atoms with Gasteiger partial charge in [0, 0.05) is 12.8 Å². The first kappa shape index (κ1) is 34.7. The topological polar surface area (TPSA) is 63.6 Å². The summed E-state index contributed by atoms with van der Waals surface area (Å²) in [5.41, 5.74) is 0. The standard InChI is InChI=1S/C32H60O4/c1-3-5-7-9-11-12-13-14-15-16-21-25-29-32(35)36-30(26-22-18-10-8-6-4-2)27-23-19-17-20-24-28-31(33)34/h9,11,30H,3-8,10,12-29H2,1-2H3,(H,33,34)/b11-9-. The van der Waals surface area contributed by atoms with Gasteiger partial charge < -0.3 is 9.84 Å². The van der Waals surface area contributed by atoms with Crippen LogP contribution in [0.15, 0.2) is 12.2 Å². The van der Waals surface area contributed by atoms with Gasteiger partial charge in [-0.25, -0.2) is 0 Å².